The van der Waals surface area contributed by atoms with Crippen molar-refractivity contribution in [2.24, 2.45) is 0 Å². The van der Waals surface area contributed by atoms with Gasteiger partial charge < -0.3 is 4.90 Å². The fourth-order valence-corrected chi connectivity index (χ4v) is 2.35. The van der Waals surface area contributed by atoms with Gasteiger partial charge in [0.1, 0.15) is 6.29 Å². The summed E-state index contributed by atoms with van der Waals surface area (Å²) in [6.45, 7) is 5.30. The van der Waals surface area contributed by atoms with E-state index in [4.69, 9.17) is 11.6 Å². The predicted octanol–water partition coefficient (Wildman–Crippen LogP) is 3.23. The van der Waals surface area contributed by atoms with Crippen molar-refractivity contribution in [2.45, 2.75) is 6.42 Å². The Morgan fingerprint density at radius 1 is 1.41 bits per heavy atom. The highest BCUT2D eigenvalue weighted by atomic mass is 35.5. The van der Waals surface area contributed by atoms with Crippen molar-refractivity contribution in [3.63, 3.8) is 0 Å². The summed E-state index contributed by atoms with van der Waals surface area (Å²) in [6.07, 6.45) is 3.39. The molecule has 2 rings (SSSR count). The van der Waals surface area contributed by atoms with Crippen LogP contribution in [0.15, 0.2) is 42.5 Å². The molecule has 2 nitrogen and oxygen atoms in total. The minimum Gasteiger partial charge on any atom is -0.367 e. The number of carbonyl (C=O) groups is 1. The molecule has 0 atom stereocenters. The van der Waals surface area contributed by atoms with Gasteiger partial charge in [0, 0.05) is 29.9 Å². The monoisotopic (exact) mass is 247 g/mol. The van der Waals surface area contributed by atoms with E-state index in [-0.39, 0.29) is 0 Å². The standard InChI is InChI=1S/C14H14ClNO/c1-2-8-16-9-7-11(10-17)14(15)12-5-3-4-6-13(12)16/h2-6,10H,1,7-9H2. The molecule has 3 heteroatoms. The van der Waals surface area contributed by atoms with Crippen molar-refractivity contribution in [3.8, 4) is 0 Å². The molecule has 88 valence electrons. The van der Waals surface area contributed by atoms with Crippen LogP contribution in [-0.2, 0) is 4.79 Å². The number of halogens is 1. The van der Waals surface area contributed by atoms with Gasteiger partial charge in [0.15, 0.2) is 0 Å². The van der Waals surface area contributed by atoms with E-state index in [0.29, 0.717) is 17.0 Å². The van der Waals surface area contributed by atoms with Crippen molar-refractivity contribution in [1.29, 1.82) is 0 Å². The molecule has 1 aromatic carbocycles. The molecular weight excluding hydrogens is 234 g/mol. The molecular formula is C14H14ClNO. The zero-order chi connectivity index (χ0) is 12.3. The Balaban J connectivity index is 2.53. The molecule has 0 spiro atoms. The molecule has 0 saturated heterocycles. The fourth-order valence-electron chi connectivity index (χ4n) is 2.05. The first kappa shape index (κ1) is 11.9. The summed E-state index contributed by atoms with van der Waals surface area (Å²) in [5.74, 6) is 0. The average Bonchev–Trinajstić information content (AvgIpc) is 2.49. The number of aldehydes is 1. The Hall–Kier alpha value is -1.54. The predicted molar refractivity (Wildman–Crippen MR) is 72.3 cm³/mol. The van der Waals surface area contributed by atoms with Crippen molar-refractivity contribution in [3.05, 3.63) is 48.1 Å². The first-order chi connectivity index (χ1) is 8.27. The van der Waals surface area contributed by atoms with Crippen LogP contribution in [0, 0.1) is 0 Å². The molecule has 0 aliphatic carbocycles. The van der Waals surface area contributed by atoms with Crippen LogP contribution in [0.4, 0.5) is 5.69 Å². The second kappa shape index (κ2) is 5.19. The SMILES string of the molecule is C=CCN1CCC(C=O)=C(Cl)c2ccccc21. The summed E-state index contributed by atoms with van der Waals surface area (Å²) in [6, 6.07) is 7.88. The lowest BCUT2D eigenvalue weighted by atomic mass is 10.1. The Morgan fingerprint density at radius 3 is 2.88 bits per heavy atom. The summed E-state index contributed by atoms with van der Waals surface area (Å²) in [5, 5.41) is 0.571. The third kappa shape index (κ3) is 2.27. The van der Waals surface area contributed by atoms with Gasteiger partial charge in [-0.1, -0.05) is 35.9 Å². The van der Waals surface area contributed by atoms with Gasteiger partial charge in [-0.05, 0) is 12.5 Å². The summed E-state index contributed by atoms with van der Waals surface area (Å²) in [5.41, 5.74) is 2.66. The summed E-state index contributed by atoms with van der Waals surface area (Å²) >= 11 is 6.28. The summed E-state index contributed by atoms with van der Waals surface area (Å²) < 4.78 is 0. The smallest absolute Gasteiger partial charge is 0.147 e. The Kier molecular flexibility index (Phi) is 3.64. The van der Waals surface area contributed by atoms with E-state index >= 15 is 0 Å². The molecule has 0 N–H and O–H groups in total. The number of hydrogen-bond acceptors (Lipinski definition) is 2. The van der Waals surface area contributed by atoms with Gasteiger partial charge in [-0.25, -0.2) is 0 Å². The van der Waals surface area contributed by atoms with Gasteiger partial charge in [0.2, 0.25) is 0 Å². The molecule has 1 aliphatic rings. The molecule has 1 aliphatic heterocycles. The number of hydrogen-bond donors (Lipinski definition) is 0. The lowest BCUT2D eigenvalue weighted by molar-refractivity contribution is -0.104. The first-order valence-corrected chi connectivity index (χ1v) is 5.94. The molecule has 17 heavy (non-hydrogen) atoms. The lowest BCUT2D eigenvalue weighted by Gasteiger charge is -2.23. The molecule has 0 unspecified atom stereocenters. The highest BCUT2D eigenvalue weighted by Crippen LogP contribution is 2.35. The molecule has 0 fully saturated rings. The number of nitrogens with zero attached hydrogens (tertiary/aromatic N) is 1. The van der Waals surface area contributed by atoms with Gasteiger partial charge in [0.25, 0.3) is 0 Å². The maximum absolute atomic E-state index is 11.0. The molecule has 0 saturated carbocycles. The topological polar surface area (TPSA) is 20.3 Å². The van der Waals surface area contributed by atoms with E-state index in [2.05, 4.69) is 11.5 Å². The van der Waals surface area contributed by atoms with Gasteiger partial charge in [0.05, 0.1) is 5.03 Å². The third-order valence-electron chi connectivity index (χ3n) is 2.91. The Morgan fingerprint density at radius 2 is 2.18 bits per heavy atom. The maximum atomic E-state index is 11.0. The van der Waals surface area contributed by atoms with E-state index in [9.17, 15) is 4.79 Å². The van der Waals surface area contributed by atoms with Gasteiger partial charge in [-0.15, -0.1) is 6.58 Å². The molecule has 1 aromatic rings. The van der Waals surface area contributed by atoms with Crippen molar-refractivity contribution < 1.29 is 4.79 Å². The van der Waals surface area contributed by atoms with Crippen LogP contribution in [0.2, 0.25) is 0 Å². The van der Waals surface area contributed by atoms with Gasteiger partial charge in [-0.2, -0.15) is 0 Å². The van der Waals surface area contributed by atoms with Crippen LogP contribution >= 0.6 is 11.6 Å². The highest BCUT2D eigenvalue weighted by Gasteiger charge is 2.19. The van der Waals surface area contributed by atoms with Crippen LogP contribution in [0.1, 0.15) is 12.0 Å². The second-order valence-corrected chi connectivity index (χ2v) is 4.34. The zero-order valence-corrected chi connectivity index (χ0v) is 10.3. The van der Waals surface area contributed by atoms with Crippen molar-refractivity contribution >= 4 is 28.6 Å². The van der Waals surface area contributed by atoms with Crippen LogP contribution in [0.5, 0.6) is 0 Å². The summed E-state index contributed by atoms with van der Waals surface area (Å²) in [4.78, 5) is 13.2. The molecule has 0 amide bonds. The molecule has 1 heterocycles. The lowest BCUT2D eigenvalue weighted by Crippen LogP contribution is -2.24. The Labute approximate surface area is 106 Å². The highest BCUT2D eigenvalue weighted by molar-refractivity contribution is 6.51. The summed E-state index contributed by atoms with van der Waals surface area (Å²) in [7, 11) is 0. The van der Waals surface area contributed by atoms with Gasteiger partial charge >= 0.3 is 0 Å². The first-order valence-electron chi connectivity index (χ1n) is 5.57. The maximum Gasteiger partial charge on any atom is 0.147 e. The normalized spacial score (nSPS) is 15.2. The minimum atomic E-state index is 0.571. The molecule has 0 aromatic heterocycles. The minimum absolute atomic E-state index is 0.571. The molecule has 0 radical (unpaired) electrons. The van der Waals surface area contributed by atoms with Crippen LogP contribution < -0.4 is 4.90 Å². The van der Waals surface area contributed by atoms with Crippen LogP contribution in [0.25, 0.3) is 5.03 Å². The quantitative estimate of drug-likeness (QED) is 0.604. The number of benzene rings is 1. The third-order valence-corrected chi connectivity index (χ3v) is 3.35. The van der Waals surface area contributed by atoms with Crippen LogP contribution in [0.3, 0.4) is 0 Å². The van der Waals surface area contributed by atoms with Gasteiger partial charge in [-0.3, -0.25) is 4.79 Å². The van der Waals surface area contributed by atoms with E-state index in [0.717, 1.165) is 30.6 Å². The van der Waals surface area contributed by atoms with E-state index < -0.39 is 0 Å². The van der Waals surface area contributed by atoms with E-state index in [1.807, 2.05) is 30.3 Å². The zero-order valence-electron chi connectivity index (χ0n) is 9.53. The average molecular weight is 248 g/mol. The second-order valence-electron chi connectivity index (χ2n) is 3.96. The number of carbonyl (C=O) groups excluding carboxylic acids is 1. The van der Waals surface area contributed by atoms with Crippen molar-refractivity contribution in [1.82, 2.24) is 0 Å². The molecule has 0 bridgehead atoms. The fraction of sp³-hybridized carbons (Fsp3) is 0.214. The number of para-hydroxylation sites is 1. The van der Waals surface area contributed by atoms with Crippen molar-refractivity contribution in [2.75, 3.05) is 18.0 Å². The number of fused-ring (bicyclic) bond motifs is 1. The Bertz CT molecular complexity index is 479. The van der Waals surface area contributed by atoms with E-state index in [1.165, 1.54) is 0 Å². The largest absolute Gasteiger partial charge is 0.367 e. The van der Waals surface area contributed by atoms with E-state index in [1.54, 1.807) is 0 Å². The number of anilines is 1. The number of rotatable bonds is 3. The van der Waals surface area contributed by atoms with Crippen LogP contribution in [-0.4, -0.2) is 19.4 Å².